The lowest BCUT2D eigenvalue weighted by Gasteiger charge is -2.08. The third kappa shape index (κ3) is 2.37. The molecule has 2 rings (SSSR count). The fourth-order valence-electron chi connectivity index (χ4n) is 2.61. The van der Waals surface area contributed by atoms with Crippen molar-refractivity contribution in [2.24, 2.45) is 12.8 Å². The van der Waals surface area contributed by atoms with E-state index in [1.54, 1.807) is 24.6 Å². The van der Waals surface area contributed by atoms with Gasteiger partial charge in [-0.25, -0.2) is 0 Å². The molecule has 0 amide bonds. The first kappa shape index (κ1) is 15.8. The number of aliphatic carboxylic acids is 1. The number of nitrogens with two attached hydrogens (primary N) is 1. The third-order valence-electron chi connectivity index (χ3n) is 3.87. The molecule has 0 aliphatic rings. The Balaban J connectivity index is 2.82. The Kier molecular flexibility index (Phi) is 4.05. The maximum absolute atomic E-state index is 11.5. The maximum Gasteiger partial charge on any atom is 0.320 e. The standard InChI is InChI=1S/C14H17N3O5/c1-7-8(6-9(15)14(18)19)12-10(16(7)2)4-5-11(22-3)13(12)17(20)21/h4-5,9H,6,15H2,1-3H3,(H,18,19). The van der Waals surface area contributed by atoms with Crippen LogP contribution in [0.4, 0.5) is 5.69 Å². The molecule has 22 heavy (non-hydrogen) atoms. The lowest BCUT2D eigenvalue weighted by molar-refractivity contribution is -0.384. The average molecular weight is 307 g/mol. The van der Waals surface area contributed by atoms with Crippen LogP contribution in [0.15, 0.2) is 12.1 Å². The number of rotatable bonds is 5. The van der Waals surface area contributed by atoms with Crippen LogP contribution in [0.3, 0.4) is 0 Å². The van der Waals surface area contributed by atoms with Crippen LogP contribution >= 0.6 is 0 Å². The number of nitrogens with zero attached hydrogens (tertiary/aromatic N) is 2. The van der Waals surface area contributed by atoms with E-state index in [0.29, 0.717) is 16.5 Å². The van der Waals surface area contributed by atoms with Gasteiger partial charge < -0.3 is 20.1 Å². The van der Waals surface area contributed by atoms with Gasteiger partial charge in [0.2, 0.25) is 0 Å². The average Bonchev–Trinajstić information content (AvgIpc) is 2.70. The highest BCUT2D eigenvalue weighted by Crippen LogP contribution is 2.39. The smallest absolute Gasteiger partial charge is 0.320 e. The summed E-state index contributed by atoms with van der Waals surface area (Å²) in [4.78, 5) is 21.9. The van der Waals surface area contributed by atoms with Crippen molar-refractivity contribution in [3.63, 3.8) is 0 Å². The summed E-state index contributed by atoms with van der Waals surface area (Å²) in [5, 5.41) is 20.8. The molecule has 0 spiro atoms. The molecule has 0 aliphatic heterocycles. The van der Waals surface area contributed by atoms with E-state index >= 15 is 0 Å². The van der Waals surface area contributed by atoms with Crippen molar-refractivity contribution in [1.82, 2.24) is 4.57 Å². The molecule has 0 saturated carbocycles. The molecule has 0 radical (unpaired) electrons. The predicted molar refractivity (Wildman–Crippen MR) is 80.2 cm³/mol. The number of carboxylic acids is 1. The van der Waals surface area contributed by atoms with Crippen LogP contribution in [-0.4, -0.2) is 33.7 Å². The Morgan fingerprint density at radius 2 is 2.18 bits per heavy atom. The van der Waals surface area contributed by atoms with Crippen molar-refractivity contribution < 1.29 is 19.6 Å². The summed E-state index contributed by atoms with van der Waals surface area (Å²) < 4.78 is 6.86. The van der Waals surface area contributed by atoms with Crippen LogP contribution in [0.2, 0.25) is 0 Å². The van der Waals surface area contributed by atoms with Gasteiger partial charge in [0, 0.05) is 19.2 Å². The normalized spacial score (nSPS) is 12.4. The molecule has 2 aromatic rings. The zero-order valence-corrected chi connectivity index (χ0v) is 12.5. The van der Waals surface area contributed by atoms with E-state index in [0.717, 1.165) is 5.69 Å². The number of hydrogen-bond donors (Lipinski definition) is 2. The number of carbonyl (C=O) groups is 1. The van der Waals surface area contributed by atoms with E-state index in [9.17, 15) is 14.9 Å². The number of aryl methyl sites for hydroxylation is 1. The number of nitro benzene ring substituents is 1. The van der Waals surface area contributed by atoms with Crippen LogP contribution in [0, 0.1) is 17.0 Å². The second kappa shape index (κ2) is 5.64. The van der Waals surface area contributed by atoms with E-state index < -0.39 is 16.9 Å². The number of nitro groups is 1. The Hall–Kier alpha value is -2.61. The van der Waals surface area contributed by atoms with Crippen molar-refractivity contribution in [3.05, 3.63) is 33.5 Å². The fourth-order valence-corrected chi connectivity index (χ4v) is 2.61. The molecule has 1 heterocycles. The van der Waals surface area contributed by atoms with Gasteiger partial charge >= 0.3 is 11.7 Å². The largest absolute Gasteiger partial charge is 0.490 e. The predicted octanol–water partition coefficient (Wildman–Crippen LogP) is 1.36. The zero-order chi connectivity index (χ0) is 16.6. The lowest BCUT2D eigenvalue weighted by atomic mass is 10.0. The van der Waals surface area contributed by atoms with Gasteiger partial charge in [0.15, 0.2) is 5.75 Å². The number of hydrogen-bond acceptors (Lipinski definition) is 5. The maximum atomic E-state index is 11.5. The highest BCUT2D eigenvalue weighted by molar-refractivity contribution is 5.96. The molecular weight excluding hydrogens is 290 g/mol. The minimum absolute atomic E-state index is 0.00646. The molecule has 1 atom stereocenters. The van der Waals surface area contributed by atoms with Gasteiger partial charge in [-0.2, -0.15) is 0 Å². The topological polar surface area (TPSA) is 121 Å². The molecule has 0 fully saturated rings. The molecule has 8 heteroatoms. The van der Waals surface area contributed by atoms with Crippen LogP contribution in [0.5, 0.6) is 5.75 Å². The van der Waals surface area contributed by atoms with E-state index in [1.165, 1.54) is 13.2 Å². The number of carboxylic acid groups (broad SMARTS) is 1. The molecule has 1 unspecified atom stereocenters. The quantitative estimate of drug-likeness (QED) is 0.635. The van der Waals surface area contributed by atoms with Crippen LogP contribution in [0.1, 0.15) is 11.3 Å². The van der Waals surface area contributed by atoms with Crippen molar-refractivity contribution in [1.29, 1.82) is 0 Å². The van der Waals surface area contributed by atoms with E-state index in [4.69, 9.17) is 15.6 Å². The lowest BCUT2D eigenvalue weighted by Crippen LogP contribution is -2.32. The highest BCUT2D eigenvalue weighted by atomic mass is 16.6. The van der Waals surface area contributed by atoms with E-state index in [-0.39, 0.29) is 17.9 Å². The molecule has 8 nitrogen and oxygen atoms in total. The minimum atomic E-state index is -1.15. The van der Waals surface area contributed by atoms with Crippen LogP contribution < -0.4 is 10.5 Å². The first-order valence-corrected chi connectivity index (χ1v) is 6.57. The molecule has 0 aliphatic carbocycles. The van der Waals surface area contributed by atoms with Gasteiger partial charge in [-0.15, -0.1) is 0 Å². The monoisotopic (exact) mass is 307 g/mol. The number of ether oxygens (including phenoxy) is 1. The summed E-state index contributed by atoms with van der Waals surface area (Å²) in [5.41, 5.74) is 7.36. The van der Waals surface area contributed by atoms with Gasteiger partial charge in [0.05, 0.1) is 22.9 Å². The molecule has 0 saturated heterocycles. The first-order valence-electron chi connectivity index (χ1n) is 6.57. The van der Waals surface area contributed by atoms with Crippen LogP contribution in [-0.2, 0) is 18.3 Å². The molecule has 1 aromatic carbocycles. The van der Waals surface area contributed by atoms with Crippen molar-refractivity contribution in [3.8, 4) is 5.75 Å². The Bertz CT molecular complexity index is 766. The number of methoxy groups -OCH3 is 1. The second-order valence-electron chi connectivity index (χ2n) is 5.04. The molecule has 3 N–H and O–H groups in total. The highest BCUT2D eigenvalue weighted by Gasteiger charge is 2.28. The van der Waals surface area contributed by atoms with Gasteiger partial charge in [-0.05, 0) is 24.6 Å². The SMILES string of the molecule is COc1ccc2c(c(CC(N)C(=O)O)c(C)n2C)c1[N+](=O)[O-]. The van der Waals surface area contributed by atoms with Gasteiger partial charge in [-0.3, -0.25) is 14.9 Å². The molecule has 1 aromatic heterocycles. The Morgan fingerprint density at radius 1 is 1.55 bits per heavy atom. The van der Waals surface area contributed by atoms with Gasteiger partial charge in [-0.1, -0.05) is 0 Å². The fraction of sp³-hybridized carbons (Fsp3) is 0.357. The zero-order valence-electron chi connectivity index (χ0n) is 12.5. The Morgan fingerprint density at radius 3 is 2.68 bits per heavy atom. The molecule has 0 bridgehead atoms. The van der Waals surface area contributed by atoms with Gasteiger partial charge in [0.1, 0.15) is 6.04 Å². The summed E-state index contributed by atoms with van der Waals surface area (Å²) in [5.74, 6) is -1.02. The Labute approximate surface area is 126 Å². The second-order valence-corrected chi connectivity index (χ2v) is 5.04. The van der Waals surface area contributed by atoms with E-state index in [2.05, 4.69) is 0 Å². The summed E-state index contributed by atoms with van der Waals surface area (Å²) in [6, 6.07) is 2.11. The summed E-state index contributed by atoms with van der Waals surface area (Å²) in [7, 11) is 3.12. The molecule has 118 valence electrons. The van der Waals surface area contributed by atoms with Crippen molar-refractivity contribution >= 4 is 22.6 Å². The van der Waals surface area contributed by atoms with Crippen molar-refractivity contribution in [2.45, 2.75) is 19.4 Å². The third-order valence-corrected chi connectivity index (χ3v) is 3.87. The first-order chi connectivity index (χ1) is 10.3. The molecular formula is C14H17N3O5. The number of fused-ring (bicyclic) bond motifs is 1. The number of benzene rings is 1. The number of aromatic nitrogens is 1. The van der Waals surface area contributed by atoms with Crippen LogP contribution in [0.25, 0.3) is 10.9 Å². The minimum Gasteiger partial charge on any atom is -0.490 e. The van der Waals surface area contributed by atoms with Crippen molar-refractivity contribution in [2.75, 3.05) is 7.11 Å². The summed E-state index contributed by atoms with van der Waals surface area (Å²) >= 11 is 0. The summed E-state index contributed by atoms with van der Waals surface area (Å²) in [6.07, 6.45) is 0.00646. The summed E-state index contributed by atoms with van der Waals surface area (Å²) in [6.45, 7) is 1.78. The van der Waals surface area contributed by atoms with Gasteiger partial charge in [0.25, 0.3) is 0 Å². The van der Waals surface area contributed by atoms with E-state index in [1.807, 2.05) is 0 Å².